The molecule has 0 unspecified atom stereocenters. The van der Waals surface area contributed by atoms with Gasteiger partial charge in [-0.3, -0.25) is 4.79 Å². The van der Waals surface area contributed by atoms with Crippen LogP contribution >= 0.6 is 0 Å². The number of aromatic nitrogens is 2. The fourth-order valence-electron chi connectivity index (χ4n) is 2.80. The molecule has 19 heavy (non-hydrogen) atoms. The minimum atomic E-state index is -0.437. The number of rotatable bonds is 2. The Balaban J connectivity index is 2.04. The molecule has 4 nitrogen and oxygen atoms in total. The Morgan fingerprint density at radius 1 is 1.32 bits per heavy atom. The molecule has 1 aromatic heterocycles. The Hall–Kier alpha value is -2.10. The van der Waals surface area contributed by atoms with Gasteiger partial charge in [0, 0.05) is 6.07 Å². The first-order valence-electron chi connectivity index (χ1n) is 6.56. The number of carbonyl (C=O) groups is 1. The van der Waals surface area contributed by atoms with Crippen molar-refractivity contribution in [1.82, 2.24) is 9.78 Å². The van der Waals surface area contributed by atoms with Gasteiger partial charge in [-0.05, 0) is 25.3 Å². The number of nitrogen functional groups attached to an aromatic ring is 1. The van der Waals surface area contributed by atoms with Crippen LogP contribution in [0.3, 0.4) is 0 Å². The minimum Gasteiger partial charge on any atom is -0.383 e. The maximum atomic E-state index is 12.8. The predicted octanol–water partition coefficient (Wildman–Crippen LogP) is 2.54. The van der Waals surface area contributed by atoms with E-state index in [1.807, 2.05) is 37.3 Å². The van der Waals surface area contributed by atoms with Gasteiger partial charge in [-0.2, -0.15) is 9.78 Å². The molecule has 1 heterocycles. The quantitative estimate of drug-likeness (QED) is 0.897. The zero-order chi connectivity index (χ0) is 13.5. The van der Waals surface area contributed by atoms with Gasteiger partial charge in [-0.25, -0.2) is 0 Å². The normalized spacial score (nSPS) is 16.9. The lowest BCUT2D eigenvalue weighted by atomic mass is 9.64. The molecule has 0 bridgehead atoms. The van der Waals surface area contributed by atoms with Crippen LogP contribution in [-0.4, -0.2) is 15.7 Å². The average molecular weight is 255 g/mol. The van der Waals surface area contributed by atoms with Crippen molar-refractivity contribution in [3.8, 4) is 0 Å². The van der Waals surface area contributed by atoms with Crippen molar-refractivity contribution in [3.63, 3.8) is 0 Å². The molecule has 0 saturated heterocycles. The fourth-order valence-corrected chi connectivity index (χ4v) is 2.80. The largest absolute Gasteiger partial charge is 0.383 e. The van der Waals surface area contributed by atoms with Crippen LogP contribution in [-0.2, 0) is 5.41 Å². The number of benzene rings is 1. The Bertz CT molecular complexity index is 612. The number of nitrogens with zero attached hydrogens (tertiary/aromatic N) is 2. The van der Waals surface area contributed by atoms with Crippen LogP contribution in [0.2, 0.25) is 0 Å². The molecular weight excluding hydrogens is 238 g/mol. The van der Waals surface area contributed by atoms with Crippen molar-refractivity contribution in [2.75, 3.05) is 5.73 Å². The van der Waals surface area contributed by atoms with E-state index < -0.39 is 5.41 Å². The second-order valence-corrected chi connectivity index (χ2v) is 5.23. The Kier molecular flexibility index (Phi) is 2.66. The summed E-state index contributed by atoms with van der Waals surface area (Å²) in [6.45, 7) is 1.84. The van der Waals surface area contributed by atoms with Crippen LogP contribution in [0.5, 0.6) is 0 Å². The molecule has 1 aliphatic rings. The van der Waals surface area contributed by atoms with Crippen molar-refractivity contribution in [2.45, 2.75) is 31.6 Å². The zero-order valence-electron chi connectivity index (χ0n) is 11.0. The summed E-state index contributed by atoms with van der Waals surface area (Å²) in [5.74, 6) is 0.417. The molecule has 3 rings (SSSR count). The van der Waals surface area contributed by atoms with Crippen LogP contribution in [0.15, 0.2) is 36.4 Å². The molecular formula is C15H17N3O. The summed E-state index contributed by atoms with van der Waals surface area (Å²) < 4.78 is 1.36. The average Bonchev–Trinajstić information content (AvgIpc) is 2.68. The van der Waals surface area contributed by atoms with Crippen LogP contribution in [0, 0.1) is 6.92 Å². The molecule has 4 heteroatoms. The van der Waals surface area contributed by atoms with E-state index in [4.69, 9.17) is 5.73 Å². The van der Waals surface area contributed by atoms with Gasteiger partial charge < -0.3 is 5.73 Å². The number of hydrogen-bond donors (Lipinski definition) is 1. The van der Waals surface area contributed by atoms with E-state index in [0.717, 1.165) is 30.5 Å². The monoisotopic (exact) mass is 255 g/mol. The highest BCUT2D eigenvalue weighted by Crippen LogP contribution is 2.45. The molecule has 1 fully saturated rings. The Morgan fingerprint density at radius 3 is 2.47 bits per heavy atom. The van der Waals surface area contributed by atoms with Crippen molar-refractivity contribution in [3.05, 3.63) is 47.7 Å². The molecule has 0 spiro atoms. The summed E-state index contributed by atoms with van der Waals surface area (Å²) >= 11 is 0. The van der Waals surface area contributed by atoms with Gasteiger partial charge in [0.2, 0.25) is 0 Å². The molecule has 1 aliphatic carbocycles. The molecule has 0 aliphatic heterocycles. The predicted molar refractivity (Wildman–Crippen MR) is 74.0 cm³/mol. The lowest BCUT2D eigenvalue weighted by Gasteiger charge is -2.40. The Labute approximate surface area is 112 Å². The summed E-state index contributed by atoms with van der Waals surface area (Å²) in [7, 11) is 0. The van der Waals surface area contributed by atoms with E-state index in [0.29, 0.717) is 5.82 Å². The third-order valence-corrected chi connectivity index (χ3v) is 3.99. The molecule has 2 aromatic rings. The van der Waals surface area contributed by atoms with Crippen LogP contribution < -0.4 is 5.73 Å². The number of hydrogen-bond acceptors (Lipinski definition) is 3. The third-order valence-electron chi connectivity index (χ3n) is 3.99. The van der Waals surface area contributed by atoms with Crippen LogP contribution in [0.25, 0.3) is 0 Å². The lowest BCUT2D eigenvalue weighted by molar-refractivity contribution is 0.0679. The molecule has 98 valence electrons. The number of carbonyl (C=O) groups excluding carboxylic acids is 1. The molecule has 0 amide bonds. The zero-order valence-corrected chi connectivity index (χ0v) is 11.0. The lowest BCUT2D eigenvalue weighted by Crippen LogP contribution is -2.46. The van der Waals surface area contributed by atoms with E-state index in [-0.39, 0.29) is 5.91 Å². The number of aryl methyl sites for hydroxylation is 1. The van der Waals surface area contributed by atoms with Gasteiger partial charge in [0.05, 0.1) is 11.1 Å². The Morgan fingerprint density at radius 2 is 2.00 bits per heavy atom. The van der Waals surface area contributed by atoms with Gasteiger partial charge in [0.15, 0.2) is 0 Å². The second-order valence-electron chi connectivity index (χ2n) is 5.23. The van der Waals surface area contributed by atoms with Crippen molar-refractivity contribution in [2.24, 2.45) is 0 Å². The van der Waals surface area contributed by atoms with Gasteiger partial charge >= 0.3 is 0 Å². The topological polar surface area (TPSA) is 60.9 Å². The van der Waals surface area contributed by atoms with Gasteiger partial charge in [-0.15, -0.1) is 0 Å². The first kappa shape index (κ1) is 12.0. The first-order chi connectivity index (χ1) is 9.13. The summed E-state index contributed by atoms with van der Waals surface area (Å²) in [6, 6.07) is 11.7. The highest BCUT2D eigenvalue weighted by molar-refractivity contribution is 5.92. The van der Waals surface area contributed by atoms with Gasteiger partial charge in [-0.1, -0.05) is 36.8 Å². The standard InChI is InChI=1S/C15H17N3O/c1-11-10-13(16)18(17-11)14(19)15(8-5-9-15)12-6-3-2-4-7-12/h2-4,6-7,10H,5,8-9,16H2,1H3. The summed E-state index contributed by atoms with van der Waals surface area (Å²) in [5.41, 5.74) is 7.28. The number of anilines is 1. The second kappa shape index (κ2) is 4.23. The van der Waals surface area contributed by atoms with E-state index in [1.54, 1.807) is 6.07 Å². The molecule has 0 radical (unpaired) electrons. The van der Waals surface area contributed by atoms with Crippen LogP contribution in [0.1, 0.15) is 35.3 Å². The summed E-state index contributed by atoms with van der Waals surface area (Å²) in [4.78, 5) is 12.8. The van der Waals surface area contributed by atoms with E-state index in [2.05, 4.69) is 5.10 Å². The van der Waals surface area contributed by atoms with Gasteiger partial charge in [0.1, 0.15) is 5.82 Å². The molecule has 1 saturated carbocycles. The van der Waals surface area contributed by atoms with Crippen LogP contribution in [0.4, 0.5) is 5.82 Å². The fraction of sp³-hybridized carbons (Fsp3) is 0.333. The smallest absolute Gasteiger partial charge is 0.259 e. The molecule has 0 atom stereocenters. The van der Waals surface area contributed by atoms with Crippen molar-refractivity contribution >= 4 is 11.7 Å². The highest BCUT2D eigenvalue weighted by Gasteiger charge is 2.47. The van der Waals surface area contributed by atoms with Crippen molar-refractivity contribution in [1.29, 1.82) is 0 Å². The molecule has 2 N–H and O–H groups in total. The summed E-state index contributed by atoms with van der Waals surface area (Å²) in [5, 5.41) is 4.23. The highest BCUT2D eigenvalue weighted by atomic mass is 16.2. The third kappa shape index (κ3) is 1.75. The SMILES string of the molecule is Cc1cc(N)n(C(=O)C2(c3ccccc3)CCC2)n1. The van der Waals surface area contributed by atoms with E-state index in [9.17, 15) is 4.79 Å². The van der Waals surface area contributed by atoms with E-state index >= 15 is 0 Å². The van der Waals surface area contributed by atoms with Crippen molar-refractivity contribution < 1.29 is 4.79 Å². The first-order valence-corrected chi connectivity index (χ1v) is 6.56. The maximum Gasteiger partial charge on any atom is 0.259 e. The maximum absolute atomic E-state index is 12.8. The minimum absolute atomic E-state index is 0.00412. The number of nitrogens with two attached hydrogens (primary N) is 1. The van der Waals surface area contributed by atoms with Gasteiger partial charge in [0.25, 0.3) is 5.91 Å². The summed E-state index contributed by atoms with van der Waals surface area (Å²) in [6.07, 6.45) is 2.81. The molecule has 1 aromatic carbocycles. The van der Waals surface area contributed by atoms with E-state index in [1.165, 1.54) is 4.68 Å².